The Hall–Kier alpha value is -1.90. The molecule has 0 unspecified atom stereocenters. The van der Waals surface area contributed by atoms with Crippen molar-refractivity contribution in [3.05, 3.63) is 46.8 Å². The molecule has 24 heavy (non-hydrogen) atoms. The SMILES string of the molecule is Cc1cccc(N2CCN(S(=O)(=O)c3cc(C(=O)O)cs3)CC2)c1. The molecule has 128 valence electrons. The number of hydrogen-bond donors (Lipinski definition) is 1. The predicted molar refractivity (Wildman–Crippen MR) is 93.4 cm³/mol. The monoisotopic (exact) mass is 366 g/mol. The van der Waals surface area contributed by atoms with Gasteiger partial charge in [0.05, 0.1) is 5.56 Å². The molecule has 1 aliphatic heterocycles. The van der Waals surface area contributed by atoms with Crippen LogP contribution >= 0.6 is 11.3 Å². The van der Waals surface area contributed by atoms with Crippen molar-refractivity contribution in [2.45, 2.75) is 11.1 Å². The number of hydrogen-bond acceptors (Lipinski definition) is 5. The Kier molecular flexibility index (Phi) is 4.62. The summed E-state index contributed by atoms with van der Waals surface area (Å²) in [5.41, 5.74) is 2.27. The van der Waals surface area contributed by atoms with Crippen LogP contribution in [0.5, 0.6) is 0 Å². The molecule has 0 spiro atoms. The van der Waals surface area contributed by atoms with E-state index in [9.17, 15) is 13.2 Å². The Morgan fingerprint density at radius 2 is 1.88 bits per heavy atom. The first-order chi connectivity index (χ1) is 11.4. The second kappa shape index (κ2) is 6.54. The summed E-state index contributed by atoms with van der Waals surface area (Å²) in [7, 11) is -3.63. The van der Waals surface area contributed by atoms with Crippen LogP contribution in [0.4, 0.5) is 5.69 Å². The van der Waals surface area contributed by atoms with Crippen molar-refractivity contribution >= 4 is 33.0 Å². The fourth-order valence-electron chi connectivity index (χ4n) is 2.70. The predicted octanol–water partition coefficient (Wildman–Crippen LogP) is 2.27. The molecule has 0 bridgehead atoms. The number of carboxylic acid groups (broad SMARTS) is 1. The molecule has 0 aliphatic carbocycles. The first kappa shape index (κ1) is 16.9. The van der Waals surface area contributed by atoms with Crippen molar-refractivity contribution in [2.24, 2.45) is 0 Å². The molecule has 8 heteroatoms. The number of aromatic carboxylic acids is 1. The zero-order chi connectivity index (χ0) is 17.3. The lowest BCUT2D eigenvalue weighted by Crippen LogP contribution is -2.48. The number of carboxylic acids is 1. The number of nitrogens with zero attached hydrogens (tertiary/aromatic N) is 2. The first-order valence-corrected chi connectivity index (χ1v) is 9.83. The Bertz CT molecular complexity index is 852. The van der Waals surface area contributed by atoms with Crippen LogP contribution in [0, 0.1) is 6.92 Å². The highest BCUT2D eigenvalue weighted by molar-refractivity contribution is 7.91. The smallest absolute Gasteiger partial charge is 0.336 e. The number of thiophene rings is 1. The van der Waals surface area contributed by atoms with Gasteiger partial charge in [0, 0.05) is 37.2 Å². The number of sulfonamides is 1. The van der Waals surface area contributed by atoms with Gasteiger partial charge in [0.1, 0.15) is 4.21 Å². The average molecular weight is 366 g/mol. The summed E-state index contributed by atoms with van der Waals surface area (Å²) in [6.07, 6.45) is 0. The van der Waals surface area contributed by atoms with Crippen LogP contribution in [-0.4, -0.2) is 50.0 Å². The van der Waals surface area contributed by atoms with Crippen LogP contribution in [0.2, 0.25) is 0 Å². The van der Waals surface area contributed by atoms with Gasteiger partial charge in [-0.25, -0.2) is 13.2 Å². The van der Waals surface area contributed by atoms with E-state index in [4.69, 9.17) is 5.11 Å². The summed E-state index contributed by atoms with van der Waals surface area (Å²) < 4.78 is 26.8. The molecule has 1 aromatic carbocycles. The molecule has 0 saturated carbocycles. The molecule has 6 nitrogen and oxygen atoms in total. The normalized spacial score (nSPS) is 16.3. The molecule has 3 rings (SSSR count). The molecular formula is C16H18N2O4S2. The van der Waals surface area contributed by atoms with E-state index in [-0.39, 0.29) is 9.77 Å². The number of rotatable bonds is 4. The van der Waals surface area contributed by atoms with E-state index < -0.39 is 16.0 Å². The van der Waals surface area contributed by atoms with Crippen LogP contribution in [0.15, 0.2) is 39.9 Å². The summed E-state index contributed by atoms with van der Waals surface area (Å²) in [5, 5.41) is 10.3. The zero-order valence-electron chi connectivity index (χ0n) is 13.2. The van der Waals surface area contributed by atoms with Crippen molar-refractivity contribution in [3.63, 3.8) is 0 Å². The fraction of sp³-hybridized carbons (Fsp3) is 0.312. The maximum absolute atomic E-state index is 12.6. The molecule has 0 amide bonds. The molecule has 1 aliphatic rings. The second-order valence-electron chi connectivity index (χ2n) is 5.69. The minimum atomic E-state index is -3.63. The Labute approximate surface area is 145 Å². The minimum absolute atomic E-state index is 0.0111. The highest BCUT2D eigenvalue weighted by Crippen LogP contribution is 2.26. The first-order valence-electron chi connectivity index (χ1n) is 7.51. The van der Waals surface area contributed by atoms with E-state index >= 15 is 0 Å². The van der Waals surface area contributed by atoms with Gasteiger partial charge >= 0.3 is 5.97 Å². The standard InChI is InChI=1S/C16H18N2O4S2/c1-12-3-2-4-14(9-12)17-5-7-18(8-6-17)24(21,22)15-10-13(11-23-15)16(19)20/h2-4,9-11H,5-8H2,1H3,(H,19,20). The van der Waals surface area contributed by atoms with Crippen LogP contribution in [0.1, 0.15) is 15.9 Å². The lowest BCUT2D eigenvalue weighted by atomic mass is 10.2. The van der Waals surface area contributed by atoms with Crippen molar-refractivity contribution in [3.8, 4) is 0 Å². The summed E-state index contributed by atoms with van der Waals surface area (Å²) >= 11 is 0.954. The van der Waals surface area contributed by atoms with Gasteiger partial charge in [-0.1, -0.05) is 12.1 Å². The van der Waals surface area contributed by atoms with Crippen molar-refractivity contribution in [2.75, 3.05) is 31.1 Å². The van der Waals surface area contributed by atoms with Crippen molar-refractivity contribution in [1.29, 1.82) is 0 Å². The Morgan fingerprint density at radius 3 is 2.46 bits per heavy atom. The topological polar surface area (TPSA) is 77.9 Å². The number of piperazine rings is 1. The summed E-state index contributed by atoms with van der Waals surface area (Å²) in [6.45, 7) is 4.02. The highest BCUT2D eigenvalue weighted by atomic mass is 32.2. The molecular weight excluding hydrogens is 348 g/mol. The number of benzene rings is 1. The average Bonchev–Trinajstić information content (AvgIpc) is 3.06. The van der Waals surface area contributed by atoms with Crippen LogP contribution in [0.3, 0.4) is 0 Å². The molecule has 2 aromatic rings. The van der Waals surface area contributed by atoms with E-state index in [1.807, 2.05) is 25.1 Å². The Morgan fingerprint density at radius 1 is 1.17 bits per heavy atom. The molecule has 0 atom stereocenters. The second-order valence-corrected chi connectivity index (χ2v) is 8.77. The van der Waals surface area contributed by atoms with E-state index in [0.717, 1.165) is 17.0 Å². The largest absolute Gasteiger partial charge is 0.478 e. The third-order valence-electron chi connectivity index (χ3n) is 4.02. The van der Waals surface area contributed by atoms with Crippen LogP contribution in [0.25, 0.3) is 0 Å². The van der Waals surface area contributed by atoms with Gasteiger partial charge in [-0.15, -0.1) is 11.3 Å². The minimum Gasteiger partial charge on any atom is -0.478 e. The van der Waals surface area contributed by atoms with E-state index in [1.54, 1.807) is 0 Å². The summed E-state index contributed by atoms with van der Waals surface area (Å²) in [6, 6.07) is 9.36. The van der Waals surface area contributed by atoms with E-state index in [2.05, 4.69) is 11.0 Å². The van der Waals surface area contributed by atoms with Gasteiger partial charge in [-0.05, 0) is 30.7 Å². The van der Waals surface area contributed by atoms with Crippen LogP contribution < -0.4 is 4.90 Å². The molecule has 2 heterocycles. The number of anilines is 1. The molecule has 1 N–H and O–H groups in total. The number of aryl methyl sites for hydroxylation is 1. The highest BCUT2D eigenvalue weighted by Gasteiger charge is 2.30. The van der Waals surface area contributed by atoms with Gasteiger partial charge in [0.25, 0.3) is 10.0 Å². The molecule has 1 saturated heterocycles. The van der Waals surface area contributed by atoms with Gasteiger partial charge < -0.3 is 10.0 Å². The third-order valence-corrected chi connectivity index (χ3v) is 7.34. The molecule has 0 radical (unpaired) electrons. The van der Waals surface area contributed by atoms with E-state index in [1.165, 1.54) is 21.3 Å². The van der Waals surface area contributed by atoms with Crippen LogP contribution in [-0.2, 0) is 10.0 Å². The lowest BCUT2D eigenvalue weighted by Gasteiger charge is -2.35. The zero-order valence-corrected chi connectivity index (χ0v) is 14.8. The Balaban J connectivity index is 1.72. The van der Waals surface area contributed by atoms with Gasteiger partial charge in [-0.3, -0.25) is 0 Å². The van der Waals surface area contributed by atoms with Gasteiger partial charge in [0.2, 0.25) is 0 Å². The maximum atomic E-state index is 12.6. The molecule has 1 fully saturated rings. The summed E-state index contributed by atoms with van der Waals surface area (Å²) in [5.74, 6) is -1.11. The van der Waals surface area contributed by atoms with Crippen molar-refractivity contribution < 1.29 is 18.3 Å². The molecule has 1 aromatic heterocycles. The van der Waals surface area contributed by atoms with Gasteiger partial charge in [0.15, 0.2) is 0 Å². The fourth-order valence-corrected chi connectivity index (χ4v) is 5.43. The lowest BCUT2D eigenvalue weighted by molar-refractivity contribution is 0.0697. The van der Waals surface area contributed by atoms with Crippen molar-refractivity contribution in [1.82, 2.24) is 4.31 Å². The maximum Gasteiger partial charge on any atom is 0.336 e. The number of carbonyl (C=O) groups is 1. The van der Waals surface area contributed by atoms with E-state index in [0.29, 0.717) is 26.2 Å². The summed E-state index contributed by atoms with van der Waals surface area (Å²) in [4.78, 5) is 13.1. The van der Waals surface area contributed by atoms with Gasteiger partial charge in [-0.2, -0.15) is 4.31 Å². The quantitative estimate of drug-likeness (QED) is 0.898. The third kappa shape index (κ3) is 3.31.